The molecular formula is C16H27N3O4. The highest BCUT2D eigenvalue weighted by Gasteiger charge is 2.48. The van der Waals surface area contributed by atoms with Crippen LogP contribution in [0, 0.1) is 0 Å². The number of carboxylic acids is 1. The molecule has 3 saturated heterocycles. The Morgan fingerprint density at radius 2 is 1.70 bits per heavy atom. The summed E-state index contributed by atoms with van der Waals surface area (Å²) < 4.78 is 5.35. The summed E-state index contributed by atoms with van der Waals surface area (Å²) in [6.07, 6.45) is 4.00. The largest absolute Gasteiger partial charge is 0.480 e. The SMILES string of the molecule is O=C(CN1CCN(C2(C(=O)O)CCOC2)CC1)N1CCCCC1. The van der Waals surface area contributed by atoms with Gasteiger partial charge in [-0.15, -0.1) is 0 Å². The number of carbonyl (C=O) groups excluding carboxylic acids is 1. The van der Waals surface area contributed by atoms with Crippen molar-refractivity contribution in [2.24, 2.45) is 0 Å². The van der Waals surface area contributed by atoms with E-state index in [-0.39, 0.29) is 12.5 Å². The fraction of sp³-hybridized carbons (Fsp3) is 0.875. The van der Waals surface area contributed by atoms with Crippen molar-refractivity contribution in [2.45, 2.75) is 31.2 Å². The molecular weight excluding hydrogens is 298 g/mol. The van der Waals surface area contributed by atoms with Gasteiger partial charge in [-0.1, -0.05) is 0 Å². The van der Waals surface area contributed by atoms with Crippen LogP contribution < -0.4 is 0 Å². The Labute approximate surface area is 137 Å². The van der Waals surface area contributed by atoms with Crippen molar-refractivity contribution < 1.29 is 19.4 Å². The van der Waals surface area contributed by atoms with Crippen molar-refractivity contribution in [3.63, 3.8) is 0 Å². The van der Waals surface area contributed by atoms with E-state index in [1.165, 1.54) is 6.42 Å². The van der Waals surface area contributed by atoms with Crippen LogP contribution in [0.2, 0.25) is 0 Å². The van der Waals surface area contributed by atoms with E-state index in [2.05, 4.69) is 4.90 Å². The first-order chi connectivity index (χ1) is 11.1. The topological polar surface area (TPSA) is 73.3 Å². The van der Waals surface area contributed by atoms with Gasteiger partial charge in [-0.05, 0) is 19.3 Å². The Morgan fingerprint density at radius 3 is 2.26 bits per heavy atom. The summed E-state index contributed by atoms with van der Waals surface area (Å²) in [6, 6.07) is 0. The summed E-state index contributed by atoms with van der Waals surface area (Å²) in [6.45, 7) is 5.88. The maximum atomic E-state index is 12.3. The zero-order chi connectivity index (χ0) is 16.3. The average molecular weight is 325 g/mol. The number of carbonyl (C=O) groups is 2. The molecule has 1 unspecified atom stereocenters. The molecule has 3 heterocycles. The van der Waals surface area contributed by atoms with E-state index in [0.717, 1.165) is 39.0 Å². The molecule has 0 aromatic heterocycles. The molecule has 0 bridgehead atoms. The molecule has 0 spiro atoms. The number of rotatable bonds is 4. The van der Waals surface area contributed by atoms with Crippen molar-refractivity contribution in [3.05, 3.63) is 0 Å². The van der Waals surface area contributed by atoms with E-state index in [4.69, 9.17) is 4.74 Å². The lowest BCUT2D eigenvalue weighted by Crippen LogP contribution is -2.62. The summed E-state index contributed by atoms with van der Waals surface area (Å²) in [5, 5.41) is 9.60. The van der Waals surface area contributed by atoms with Crippen LogP contribution in [0.1, 0.15) is 25.7 Å². The molecule has 0 aliphatic carbocycles. The summed E-state index contributed by atoms with van der Waals surface area (Å²) in [5.74, 6) is -0.567. The number of piperidine rings is 1. The molecule has 23 heavy (non-hydrogen) atoms. The Balaban J connectivity index is 1.50. The number of aliphatic carboxylic acids is 1. The van der Waals surface area contributed by atoms with E-state index >= 15 is 0 Å². The van der Waals surface area contributed by atoms with Gasteiger partial charge in [-0.2, -0.15) is 0 Å². The molecule has 3 aliphatic heterocycles. The number of amides is 1. The standard InChI is InChI=1S/C16H27N3O4/c20-14(18-5-2-1-3-6-18)12-17-7-9-19(10-8-17)16(15(21)22)4-11-23-13-16/h1-13H2,(H,21,22). The summed E-state index contributed by atoms with van der Waals surface area (Å²) in [4.78, 5) is 30.2. The minimum Gasteiger partial charge on any atom is -0.480 e. The number of hydrogen-bond donors (Lipinski definition) is 1. The van der Waals surface area contributed by atoms with Gasteiger partial charge in [-0.25, -0.2) is 0 Å². The van der Waals surface area contributed by atoms with E-state index in [0.29, 0.717) is 32.7 Å². The second-order valence-electron chi connectivity index (χ2n) is 6.84. The summed E-state index contributed by atoms with van der Waals surface area (Å²) in [5.41, 5.74) is -0.858. The molecule has 130 valence electrons. The molecule has 1 atom stereocenters. The lowest BCUT2D eigenvalue weighted by atomic mass is 9.95. The molecule has 3 fully saturated rings. The van der Waals surface area contributed by atoms with Crippen molar-refractivity contribution in [1.29, 1.82) is 0 Å². The summed E-state index contributed by atoms with van der Waals surface area (Å²) >= 11 is 0. The molecule has 0 aromatic carbocycles. The third-order valence-electron chi connectivity index (χ3n) is 5.44. The molecule has 0 aromatic rings. The smallest absolute Gasteiger partial charge is 0.326 e. The number of piperazine rings is 1. The third kappa shape index (κ3) is 3.51. The number of hydrogen-bond acceptors (Lipinski definition) is 5. The molecule has 7 heteroatoms. The van der Waals surface area contributed by atoms with Gasteiger partial charge in [0.2, 0.25) is 5.91 Å². The number of carboxylic acid groups (broad SMARTS) is 1. The van der Waals surface area contributed by atoms with Crippen molar-refractivity contribution >= 4 is 11.9 Å². The Hall–Kier alpha value is -1.18. The quantitative estimate of drug-likeness (QED) is 0.776. The van der Waals surface area contributed by atoms with Crippen LogP contribution in [0.25, 0.3) is 0 Å². The van der Waals surface area contributed by atoms with Gasteiger partial charge in [0.25, 0.3) is 0 Å². The van der Waals surface area contributed by atoms with Crippen LogP contribution in [0.3, 0.4) is 0 Å². The van der Waals surface area contributed by atoms with Gasteiger partial charge in [0.05, 0.1) is 13.2 Å². The average Bonchev–Trinajstić information content (AvgIpc) is 3.07. The maximum absolute atomic E-state index is 12.3. The van der Waals surface area contributed by atoms with Crippen molar-refractivity contribution in [3.8, 4) is 0 Å². The molecule has 0 saturated carbocycles. The Kier molecular flexibility index (Phi) is 5.18. The fourth-order valence-electron chi connectivity index (χ4n) is 3.88. The molecule has 0 radical (unpaired) electrons. The number of nitrogens with zero attached hydrogens (tertiary/aromatic N) is 3. The second-order valence-corrected chi connectivity index (χ2v) is 6.84. The number of ether oxygens (including phenoxy) is 1. The number of likely N-dealkylation sites (tertiary alicyclic amines) is 1. The first kappa shape index (κ1) is 16.7. The highest BCUT2D eigenvalue weighted by Crippen LogP contribution is 2.27. The predicted octanol–water partition coefficient (Wildman–Crippen LogP) is -0.140. The van der Waals surface area contributed by atoms with E-state index in [1.54, 1.807) is 0 Å². The normalized spacial score (nSPS) is 30.5. The Bertz CT molecular complexity index is 437. The molecule has 3 rings (SSSR count). The van der Waals surface area contributed by atoms with Crippen LogP contribution in [-0.2, 0) is 14.3 Å². The van der Waals surface area contributed by atoms with Crippen molar-refractivity contribution in [1.82, 2.24) is 14.7 Å². The zero-order valence-corrected chi connectivity index (χ0v) is 13.7. The van der Waals surface area contributed by atoms with E-state index in [9.17, 15) is 14.7 Å². The lowest BCUT2D eigenvalue weighted by Gasteiger charge is -2.42. The highest BCUT2D eigenvalue weighted by atomic mass is 16.5. The van der Waals surface area contributed by atoms with Crippen LogP contribution in [0.15, 0.2) is 0 Å². The van der Waals surface area contributed by atoms with Crippen molar-refractivity contribution in [2.75, 3.05) is 59.0 Å². The first-order valence-electron chi connectivity index (χ1n) is 8.68. The minimum atomic E-state index is -0.858. The maximum Gasteiger partial charge on any atom is 0.326 e. The second kappa shape index (κ2) is 7.15. The van der Waals surface area contributed by atoms with Gasteiger partial charge in [0.15, 0.2) is 0 Å². The van der Waals surface area contributed by atoms with Gasteiger partial charge in [0, 0.05) is 52.3 Å². The van der Waals surface area contributed by atoms with E-state index < -0.39 is 11.5 Å². The van der Waals surface area contributed by atoms with E-state index in [1.807, 2.05) is 9.80 Å². The molecule has 3 aliphatic rings. The lowest BCUT2D eigenvalue weighted by molar-refractivity contribution is -0.153. The van der Waals surface area contributed by atoms with Gasteiger partial charge in [0.1, 0.15) is 5.54 Å². The Morgan fingerprint density at radius 1 is 1.00 bits per heavy atom. The fourth-order valence-corrected chi connectivity index (χ4v) is 3.88. The zero-order valence-electron chi connectivity index (χ0n) is 13.7. The predicted molar refractivity (Wildman–Crippen MR) is 84.2 cm³/mol. The van der Waals surface area contributed by atoms with Crippen LogP contribution >= 0.6 is 0 Å². The molecule has 1 N–H and O–H groups in total. The minimum absolute atomic E-state index is 0.218. The molecule has 7 nitrogen and oxygen atoms in total. The van der Waals surface area contributed by atoms with Crippen LogP contribution in [-0.4, -0.2) is 96.2 Å². The first-order valence-corrected chi connectivity index (χ1v) is 8.68. The highest BCUT2D eigenvalue weighted by molar-refractivity contribution is 5.79. The molecule has 1 amide bonds. The van der Waals surface area contributed by atoms with Gasteiger partial charge in [-0.3, -0.25) is 19.4 Å². The van der Waals surface area contributed by atoms with Gasteiger partial charge >= 0.3 is 5.97 Å². The monoisotopic (exact) mass is 325 g/mol. The third-order valence-corrected chi connectivity index (χ3v) is 5.44. The summed E-state index contributed by atoms with van der Waals surface area (Å²) in [7, 11) is 0. The van der Waals surface area contributed by atoms with Gasteiger partial charge < -0.3 is 14.7 Å². The van der Waals surface area contributed by atoms with Crippen LogP contribution in [0.4, 0.5) is 0 Å². The van der Waals surface area contributed by atoms with Crippen LogP contribution in [0.5, 0.6) is 0 Å².